The van der Waals surface area contributed by atoms with Crippen LogP contribution in [0.25, 0.3) is 0 Å². The van der Waals surface area contributed by atoms with Gasteiger partial charge in [-0.2, -0.15) is 0 Å². The second-order valence-electron chi connectivity index (χ2n) is 3.96. The Morgan fingerprint density at radius 3 is 2.53 bits per heavy atom. The highest BCUT2D eigenvalue weighted by atomic mass is 32.2. The zero-order valence-corrected chi connectivity index (χ0v) is 11.0. The summed E-state index contributed by atoms with van der Waals surface area (Å²) in [6, 6.07) is 12.1. The van der Waals surface area contributed by atoms with E-state index in [-0.39, 0.29) is 5.69 Å². The summed E-state index contributed by atoms with van der Waals surface area (Å²) >= 11 is 1.43. The van der Waals surface area contributed by atoms with Gasteiger partial charge in [-0.25, -0.2) is 0 Å². The topological polar surface area (TPSA) is 60.2 Å². The molecule has 5 heteroatoms. The first-order valence-electron chi connectivity index (χ1n) is 5.59. The summed E-state index contributed by atoms with van der Waals surface area (Å²) in [5.41, 5.74) is 1.36. The predicted molar refractivity (Wildman–Crippen MR) is 73.8 cm³/mol. The minimum Gasteiger partial charge on any atom is -0.298 e. The van der Waals surface area contributed by atoms with Crippen molar-refractivity contribution in [2.75, 3.05) is 0 Å². The third kappa shape index (κ3) is 3.00. The Morgan fingerprint density at radius 1 is 1.16 bits per heavy atom. The van der Waals surface area contributed by atoms with E-state index in [0.29, 0.717) is 11.8 Å². The van der Waals surface area contributed by atoms with Gasteiger partial charge in [-0.15, -0.1) is 0 Å². The van der Waals surface area contributed by atoms with E-state index in [1.54, 1.807) is 6.07 Å². The lowest BCUT2D eigenvalue weighted by atomic mass is 10.2. The lowest BCUT2D eigenvalue weighted by Gasteiger charge is -2.07. The van der Waals surface area contributed by atoms with Crippen molar-refractivity contribution in [1.82, 2.24) is 0 Å². The van der Waals surface area contributed by atoms with Crippen LogP contribution in [0.5, 0.6) is 0 Å². The fourth-order valence-electron chi connectivity index (χ4n) is 1.62. The van der Waals surface area contributed by atoms with Crippen LogP contribution in [0.1, 0.15) is 15.9 Å². The van der Waals surface area contributed by atoms with Crippen LogP contribution < -0.4 is 0 Å². The Kier molecular flexibility index (Phi) is 3.97. The van der Waals surface area contributed by atoms with Gasteiger partial charge in [0.1, 0.15) is 0 Å². The molecule has 0 aliphatic carbocycles. The molecule has 0 heterocycles. The molecule has 4 nitrogen and oxygen atoms in total. The van der Waals surface area contributed by atoms with Crippen LogP contribution in [0.2, 0.25) is 0 Å². The van der Waals surface area contributed by atoms with Gasteiger partial charge >= 0.3 is 0 Å². The molecule has 0 aliphatic rings. The van der Waals surface area contributed by atoms with Crippen LogP contribution in [0.15, 0.2) is 52.3 Å². The third-order valence-electron chi connectivity index (χ3n) is 2.64. The molecule has 2 aromatic carbocycles. The molecule has 0 fully saturated rings. The van der Waals surface area contributed by atoms with Gasteiger partial charge in [-0.3, -0.25) is 14.9 Å². The summed E-state index contributed by atoms with van der Waals surface area (Å²) in [7, 11) is 0. The quantitative estimate of drug-likeness (QED) is 0.482. The van der Waals surface area contributed by atoms with Crippen LogP contribution >= 0.6 is 11.8 Å². The van der Waals surface area contributed by atoms with Gasteiger partial charge in [0.05, 0.1) is 4.92 Å². The van der Waals surface area contributed by atoms with E-state index in [2.05, 4.69) is 0 Å². The van der Waals surface area contributed by atoms with Crippen LogP contribution in [-0.2, 0) is 0 Å². The molecule has 0 radical (unpaired) electrons. The minimum absolute atomic E-state index is 0.0729. The summed E-state index contributed by atoms with van der Waals surface area (Å²) in [5, 5.41) is 10.7. The van der Waals surface area contributed by atoms with Crippen molar-refractivity contribution in [2.45, 2.75) is 16.7 Å². The number of non-ortho nitro benzene ring substituents is 1. The van der Waals surface area contributed by atoms with Gasteiger partial charge in [-0.1, -0.05) is 30.0 Å². The van der Waals surface area contributed by atoms with Crippen molar-refractivity contribution in [3.05, 3.63) is 63.7 Å². The van der Waals surface area contributed by atoms with Crippen molar-refractivity contribution in [3.8, 4) is 0 Å². The Balaban J connectivity index is 2.38. The van der Waals surface area contributed by atoms with E-state index in [4.69, 9.17) is 0 Å². The zero-order chi connectivity index (χ0) is 13.8. The fourth-order valence-corrected chi connectivity index (χ4v) is 2.60. The zero-order valence-electron chi connectivity index (χ0n) is 10.2. The molecular weight excluding hydrogens is 262 g/mol. The lowest BCUT2D eigenvalue weighted by molar-refractivity contribution is -0.384. The van der Waals surface area contributed by atoms with Crippen molar-refractivity contribution in [3.63, 3.8) is 0 Å². The first-order valence-corrected chi connectivity index (χ1v) is 6.40. The van der Waals surface area contributed by atoms with Gasteiger partial charge < -0.3 is 0 Å². The maximum Gasteiger partial charge on any atom is 0.270 e. The van der Waals surface area contributed by atoms with E-state index < -0.39 is 4.92 Å². The maximum atomic E-state index is 11.0. The number of benzene rings is 2. The molecule has 96 valence electrons. The number of aldehydes is 1. The number of nitro groups is 1. The van der Waals surface area contributed by atoms with Gasteiger partial charge in [-0.05, 0) is 24.6 Å². The Morgan fingerprint density at radius 2 is 1.89 bits per heavy atom. The number of hydrogen-bond acceptors (Lipinski definition) is 4. The molecule has 19 heavy (non-hydrogen) atoms. The summed E-state index contributed by atoms with van der Waals surface area (Å²) in [4.78, 5) is 23.0. The van der Waals surface area contributed by atoms with E-state index in [1.165, 1.54) is 23.9 Å². The molecular formula is C14H11NO3S. The van der Waals surface area contributed by atoms with E-state index in [0.717, 1.165) is 15.4 Å². The van der Waals surface area contributed by atoms with Crippen molar-refractivity contribution < 1.29 is 9.72 Å². The van der Waals surface area contributed by atoms with Crippen LogP contribution in [0.3, 0.4) is 0 Å². The fraction of sp³-hybridized carbons (Fsp3) is 0.0714. The highest BCUT2D eigenvalue weighted by Crippen LogP contribution is 2.33. The van der Waals surface area contributed by atoms with Crippen molar-refractivity contribution in [2.24, 2.45) is 0 Å². The maximum absolute atomic E-state index is 11.0. The van der Waals surface area contributed by atoms with Crippen LogP contribution in [0.4, 0.5) is 5.69 Å². The van der Waals surface area contributed by atoms with E-state index >= 15 is 0 Å². The second-order valence-corrected chi connectivity index (χ2v) is 5.05. The number of hydrogen-bond donors (Lipinski definition) is 0. The summed E-state index contributed by atoms with van der Waals surface area (Å²) in [5.74, 6) is 0. The molecule has 0 aliphatic heterocycles. The third-order valence-corrected chi connectivity index (χ3v) is 3.91. The molecule has 0 bridgehead atoms. The number of nitrogens with zero attached hydrogens (tertiary/aromatic N) is 1. The molecule has 0 atom stereocenters. The number of carbonyl (C=O) groups is 1. The van der Waals surface area contributed by atoms with Gasteiger partial charge in [0, 0.05) is 27.5 Å². The van der Waals surface area contributed by atoms with Crippen molar-refractivity contribution in [1.29, 1.82) is 0 Å². The molecule has 0 N–H and O–H groups in total. The Bertz CT molecular complexity index is 640. The number of aryl methyl sites for hydroxylation is 1. The Hall–Kier alpha value is -2.14. The number of rotatable bonds is 4. The lowest BCUT2D eigenvalue weighted by Crippen LogP contribution is -1.92. The summed E-state index contributed by atoms with van der Waals surface area (Å²) < 4.78 is 0. The molecule has 0 spiro atoms. The minimum atomic E-state index is -0.505. The standard InChI is InChI=1S/C14H11NO3S/c1-10-4-2-3-5-13(10)19-14-7-6-12(15(17)18)8-11(14)9-16/h2-9H,1H3. The highest BCUT2D eigenvalue weighted by molar-refractivity contribution is 7.99. The van der Waals surface area contributed by atoms with Crippen LogP contribution in [-0.4, -0.2) is 11.2 Å². The van der Waals surface area contributed by atoms with Gasteiger partial charge in [0.2, 0.25) is 0 Å². The molecule has 0 amide bonds. The largest absolute Gasteiger partial charge is 0.298 e. The van der Waals surface area contributed by atoms with Crippen LogP contribution in [0, 0.1) is 17.0 Å². The molecule has 0 unspecified atom stereocenters. The van der Waals surface area contributed by atoms with E-state index in [1.807, 2.05) is 31.2 Å². The summed E-state index contributed by atoms with van der Waals surface area (Å²) in [6.07, 6.45) is 0.646. The van der Waals surface area contributed by atoms with Gasteiger partial charge in [0.25, 0.3) is 5.69 Å². The average molecular weight is 273 g/mol. The monoisotopic (exact) mass is 273 g/mol. The first-order chi connectivity index (χ1) is 9.11. The van der Waals surface area contributed by atoms with Crippen molar-refractivity contribution >= 4 is 23.7 Å². The molecule has 0 saturated carbocycles. The SMILES string of the molecule is Cc1ccccc1Sc1ccc([N+](=O)[O-])cc1C=O. The normalized spacial score (nSPS) is 10.2. The predicted octanol–water partition coefficient (Wildman–Crippen LogP) is 3.87. The Labute approximate surface area is 114 Å². The first kappa shape index (κ1) is 13.3. The van der Waals surface area contributed by atoms with E-state index in [9.17, 15) is 14.9 Å². The number of carbonyl (C=O) groups excluding carboxylic acids is 1. The molecule has 2 rings (SSSR count). The number of nitro benzene ring substituents is 1. The second kappa shape index (κ2) is 5.67. The molecule has 2 aromatic rings. The van der Waals surface area contributed by atoms with Gasteiger partial charge in [0.15, 0.2) is 6.29 Å². The highest BCUT2D eigenvalue weighted by Gasteiger charge is 2.11. The smallest absolute Gasteiger partial charge is 0.270 e. The average Bonchev–Trinajstić information content (AvgIpc) is 2.41. The molecule has 0 saturated heterocycles. The summed E-state index contributed by atoms with van der Waals surface area (Å²) in [6.45, 7) is 1.98. The molecule has 0 aromatic heterocycles.